The van der Waals surface area contributed by atoms with Crippen LogP contribution in [0.3, 0.4) is 0 Å². The number of hydrogen-bond acceptors (Lipinski definition) is 4. The molecule has 28 heavy (non-hydrogen) atoms. The van der Waals surface area contributed by atoms with Crippen molar-refractivity contribution in [2.24, 2.45) is 0 Å². The summed E-state index contributed by atoms with van der Waals surface area (Å²) in [5.41, 5.74) is 1.48. The van der Waals surface area contributed by atoms with E-state index in [1.807, 2.05) is 0 Å². The molecular formula is C19H17F2N3O4. The van der Waals surface area contributed by atoms with Crippen LogP contribution in [0.1, 0.15) is 18.9 Å². The van der Waals surface area contributed by atoms with Gasteiger partial charge in [-0.25, -0.2) is 13.6 Å². The first-order chi connectivity index (χ1) is 13.4. The molecule has 0 radical (unpaired) electrons. The Bertz CT molecular complexity index is 923. The summed E-state index contributed by atoms with van der Waals surface area (Å²) in [4.78, 5) is 37.2. The molecule has 0 aliphatic carbocycles. The van der Waals surface area contributed by atoms with E-state index in [1.165, 1.54) is 0 Å². The van der Waals surface area contributed by atoms with Gasteiger partial charge in [-0.15, -0.1) is 0 Å². The number of rotatable bonds is 6. The predicted molar refractivity (Wildman–Crippen MR) is 93.8 cm³/mol. The smallest absolute Gasteiger partial charge is 0.344 e. The molecule has 1 saturated heterocycles. The molecule has 0 spiro atoms. The van der Waals surface area contributed by atoms with Crippen molar-refractivity contribution in [1.82, 2.24) is 15.8 Å². The zero-order chi connectivity index (χ0) is 20.3. The molecule has 0 aromatic heterocycles. The number of amides is 4. The number of ether oxygens (including phenoxy) is 1. The fourth-order valence-corrected chi connectivity index (χ4v) is 2.91. The summed E-state index contributed by atoms with van der Waals surface area (Å²) in [5, 5.41) is 3.21. The summed E-state index contributed by atoms with van der Waals surface area (Å²) in [7, 11) is 0. The highest BCUT2D eigenvalue weighted by Crippen LogP contribution is 2.31. The second kappa shape index (κ2) is 7.63. The largest absolute Gasteiger partial charge is 0.484 e. The minimum absolute atomic E-state index is 0.0709. The Hall–Kier alpha value is -3.49. The van der Waals surface area contributed by atoms with Gasteiger partial charge in [0.05, 0.1) is 0 Å². The van der Waals surface area contributed by atoms with E-state index in [0.29, 0.717) is 10.6 Å². The number of hydrazine groups is 1. The highest BCUT2D eigenvalue weighted by molar-refractivity contribution is 6.08. The van der Waals surface area contributed by atoms with Crippen molar-refractivity contribution in [2.75, 3.05) is 6.61 Å². The molecule has 2 aromatic rings. The van der Waals surface area contributed by atoms with Crippen LogP contribution in [0.5, 0.6) is 5.75 Å². The zero-order valence-electron chi connectivity index (χ0n) is 14.9. The zero-order valence-corrected chi connectivity index (χ0v) is 14.9. The number of imide groups is 1. The summed E-state index contributed by atoms with van der Waals surface area (Å²) in [6, 6.07) is 10.7. The first-order valence-corrected chi connectivity index (χ1v) is 8.47. The van der Waals surface area contributed by atoms with Crippen LogP contribution in [0.2, 0.25) is 0 Å². The summed E-state index contributed by atoms with van der Waals surface area (Å²) < 4.78 is 31.1. The molecular weight excluding hydrogens is 372 g/mol. The maximum absolute atomic E-state index is 13.2. The molecule has 1 fully saturated rings. The van der Waals surface area contributed by atoms with Gasteiger partial charge in [0.2, 0.25) is 0 Å². The molecule has 4 amide bonds. The van der Waals surface area contributed by atoms with Crippen LogP contribution < -0.4 is 15.5 Å². The molecule has 2 aromatic carbocycles. The second-order valence-corrected chi connectivity index (χ2v) is 6.10. The second-order valence-electron chi connectivity index (χ2n) is 6.10. The van der Waals surface area contributed by atoms with Gasteiger partial charge in [0.1, 0.15) is 11.3 Å². The third-order valence-electron chi connectivity index (χ3n) is 4.39. The summed E-state index contributed by atoms with van der Waals surface area (Å²) >= 11 is 0. The lowest BCUT2D eigenvalue weighted by Gasteiger charge is -2.25. The highest BCUT2D eigenvalue weighted by atomic mass is 19.2. The minimum Gasteiger partial charge on any atom is -0.484 e. The molecule has 2 N–H and O–H groups in total. The van der Waals surface area contributed by atoms with Crippen LogP contribution in [0.25, 0.3) is 0 Å². The third-order valence-corrected chi connectivity index (χ3v) is 4.39. The van der Waals surface area contributed by atoms with Gasteiger partial charge < -0.3 is 10.1 Å². The predicted octanol–water partition coefficient (Wildman–Crippen LogP) is 2.23. The molecule has 1 atom stereocenters. The monoisotopic (exact) mass is 389 g/mol. The van der Waals surface area contributed by atoms with Crippen molar-refractivity contribution in [3.63, 3.8) is 0 Å². The summed E-state index contributed by atoms with van der Waals surface area (Å²) in [6.45, 7) is 1.13. The highest BCUT2D eigenvalue weighted by Gasteiger charge is 2.52. The molecule has 7 nitrogen and oxygen atoms in total. The van der Waals surface area contributed by atoms with Gasteiger partial charge in [-0.3, -0.25) is 15.0 Å². The van der Waals surface area contributed by atoms with E-state index in [-0.39, 0.29) is 12.2 Å². The molecule has 0 saturated carbocycles. The van der Waals surface area contributed by atoms with E-state index in [2.05, 4.69) is 10.7 Å². The fourth-order valence-electron chi connectivity index (χ4n) is 2.91. The van der Waals surface area contributed by atoms with Crippen LogP contribution in [0.4, 0.5) is 13.6 Å². The van der Waals surface area contributed by atoms with Crippen LogP contribution in [0, 0.1) is 11.6 Å². The molecule has 3 rings (SSSR count). The molecule has 1 aliphatic heterocycles. The average molecular weight is 389 g/mol. The van der Waals surface area contributed by atoms with Crippen LogP contribution in [0.15, 0.2) is 48.5 Å². The Morgan fingerprint density at radius 3 is 2.50 bits per heavy atom. The van der Waals surface area contributed by atoms with Crippen LogP contribution in [-0.2, 0) is 15.1 Å². The van der Waals surface area contributed by atoms with E-state index in [4.69, 9.17) is 4.74 Å². The van der Waals surface area contributed by atoms with Crippen molar-refractivity contribution in [3.8, 4) is 5.75 Å². The Balaban J connectivity index is 1.68. The van der Waals surface area contributed by atoms with E-state index in [0.717, 1.165) is 18.2 Å². The first kappa shape index (κ1) is 19.3. The van der Waals surface area contributed by atoms with E-state index in [9.17, 15) is 23.2 Å². The molecule has 0 bridgehead atoms. The van der Waals surface area contributed by atoms with Gasteiger partial charge >= 0.3 is 6.03 Å². The molecule has 9 heteroatoms. The number of carbonyl (C=O) groups excluding carboxylic acids is 3. The van der Waals surface area contributed by atoms with Gasteiger partial charge in [-0.2, -0.15) is 5.01 Å². The summed E-state index contributed by atoms with van der Waals surface area (Å²) in [6.07, 6.45) is 0.277. The quantitative estimate of drug-likeness (QED) is 0.742. The van der Waals surface area contributed by atoms with E-state index < -0.39 is 41.6 Å². The topological polar surface area (TPSA) is 87.7 Å². The number of nitrogens with zero attached hydrogens (tertiary/aromatic N) is 1. The molecule has 146 valence electrons. The van der Waals surface area contributed by atoms with Gasteiger partial charge in [-0.05, 0) is 24.1 Å². The maximum Gasteiger partial charge on any atom is 0.344 e. The Morgan fingerprint density at radius 1 is 1.14 bits per heavy atom. The summed E-state index contributed by atoms with van der Waals surface area (Å²) in [5.74, 6) is -3.69. The molecule has 1 aliphatic rings. The van der Waals surface area contributed by atoms with Gasteiger partial charge in [0.25, 0.3) is 11.8 Å². The maximum atomic E-state index is 13.2. The van der Waals surface area contributed by atoms with Crippen molar-refractivity contribution in [1.29, 1.82) is 0 Å². The van der Waals surface area contributed by atoms with Gasteiger partial charge in [0, 0.05) is 6.07 Å². The first-order valence-electron chi connectivity index (χ1n) is 8.47. The normalized spacial score (nSPS) is 18.8. The van der Waals surface area contributed by atoms with Crippen LogP contribution in [-0.4, -0.2) is 29.5 Å². The van der Waals surface area contributed by atoms with Crippen molar-refractivity contribution in [3.05, 3.63) is 65.7 Å². The van der Waals surface area contributed by atoms with E-state index >= 15 is 0 Å². The Morgan fingerprint density at radius 2 is 1.86 bits per heavy atom. The SMILES string of the molecule is CC[C@]1(c2ccccc2)NC(=O)N(NC(=O)COc2ccc(F)c(F)c2)C1=O. The third kappa shape index (κ3) is 3.51. The number of benzene rings is 2. The average Bonchev–Trinajstić information content (AvgIpc) is 2.94. The van der Waals surface area contributed by atoms with Crippen molar-refractivity contribution in [2.45, 2.75) is 18.9 Å². The Kier molecular flexibility index (Phi) is 5.25. The lowest BCUT2D eigenvalue weighted by molar-refractivity contribution is -0.140. The number of carbonyl (C=O) groups is 3. The number of halogens is 2. The van der Waals surface area contributed by atoms with Crippen molar-refractivity contribution >= 4 is 17.8 Å². The molecule has 0 unspecified atom stereocenters. The number of urea groups is 1. The van der Waals surface area contributed by atoms with E-state index in [1.54, 1.807) is 37.3 Å². The molecule has 1 heterocycles. The van der Waals surface area contributed by atoms with Crippen molar-refractivity contribution < 1.29 is 27.9 Å². The lowest BCUT2D eigenvalue weighted by Crippen LogP contribution is -2.49. The number of nitrogens with one attached hydrogen (secondary N) is 2. The van der Waals surface area contributed by atoms with Crippen LogP contribution >= 0.6 is 0 Å². The lowest BCUT2D eigenvalue weighted by atomic mass is 9.87. The van der Waals surface area contributed by atoms with Gasteiger partial charge in [-0.1, -0.05) is 37.3 Å². The minimum atomic E-state index is -1.29. The number of hydrogen-bond donors (Lipinski definition) is 2. The Labute approximate surface area is 159 Å². The standard InChI is InChI=1S/C19H17F2N3O4/c1-2-19(12-6-4-3-5-7-12)17(26)24(18(27)22-19)23-16(25)11-28-13-8-9-14(20)15(21)10-13/h3-10H,2,11H2,1H3,(H,22,27)(H,23,25)/t19-/m1/s1. The van der Waals surface area contributed by atoms with Gasteiger partial charge in [0.15, 0.2) is 18.2 Å². The fraction of sp³-hybridized carbons (Fsp3) is 0.211.